The van der Waals surface area contributed by atoms with Crippen LogP contribution in [0.4, 0.5) is 5.69 Å². The largest absolute Gasteiger partial charge is 0.349 e. The van der Waals surface area contributed by atoms with E-state index in [4.69, 9.17) is 0 Å². The van der Waals surface area contributed by atoms with Gasteiger partial charge in [-0.3, -0.25) is 14.5 Å². The molecule has 8 nitrogen and oxygen atoms in total. The normalized spacial score (nSPS) is 25.4. The third kappa shape index (κ3) is 4.43. The van der Waals surface area contributed by atoms with E-state index in [2.05, 4.69) is 44.6 Å². The molecular formula is C25H29N5O3. The van der Waals surface area contributed by atoms with E-state index in [1.165, 1.54) is 5.56 Å². The van der Waals surface area contributed by atoms with Crippen molar-refractivity contribution in [1.29, 1.82) is 0 Å². The van der Waals surface area contributed by atoms with Crippen molar-refractivity contribution in [3.05, 3.63) is 64.6 Å². The first kappa shape index (κ1) is 21.5. The summed E-state index contributed by atoms with van der Waals surface area (Å²) in [5.41, 5.74) is 2.59. The second-order valence-electron chi connectivity index (χ2n) is 9.48. The molecule has 2 fully saturated rings. The topological polar surface area (TPSA) is 110 Å². The summed E-state index contributed by atoms with van der Waals surface area (Å²) >= 11 is 0. The van der Waals surface area contributed by atoms with E-state index in [0.717, 1.165) is 25.7 Å². The molecule has 2 aliphatic heterocycles. The molecule has 33 heavy (non-hydrogen) atoms. The molecule has 0 unspecified atom stereocenters. The molecule has 3 heterocycles. The SMILES string of the molecule is C[C@]12C[C@@H](Cc3ccccc3)N(CC(=O)Nc3ccc4[nH]c(=O)[nH]c4c3)[C@H]1CCCC(=O)N2. The number of H-pyrrole nitrogens is 2. The van der Waals surface area contributed by atoms with Crippen molar-refractivity contribution >= 4 is 28.5 Å². The standard InChI is InChI=1S/C25H29N5O3/c1-25-14-18(12-16-6-3-2-4-7-16)30(21(25)8-5-9-22(31)29-25)15-23(32)26-17-10-11-19-20(13-17)28-24(33)27-19/h2-4,6-7,10-11,13,18,21H,5,8-9,12,14-15H2,1H3,(H,26,32)(H,29,31)(H2,27,28,33)/t18-,21+,25+/m1/s1. The van der Waals surface area contributed by atoms with Crippen LogP contribution in [0.25, 0.3) is 11.0 Å². The molecular weight excluding hydrogens is 418 g/mol. The molecule has 2 aromatic carbocycles. The number of carbonyl (C=O) groups is 2. The number of carbonyl (C=O) groups excluding carboxylic acids is 2. The maximum Gasteiger partial charge on any atom is 0.323 e. The van der Waals surface area contributed by atoms with Crippen molar-refractivity contribution in [3.63, 3.8) is 0 Å². The third-order valence-corrected chi connectivity index (χ3v) is 7.01. The van der Waals surface area contributed by atoms with Crippen LogP contribution < -0.4 is 16.3 Å². The lowest BCUT2D eigenvalue weighted by atomic mass is 9.89. The van der Waals surface area contributed by atoms with Crippen LogP contribution in [0.3, 0.4) is 0 Å². The molecule has 8 heteroatoms. The fourth-order valence-corrected chi connectivity index (χ4v) is 5.61. The smallest absolute Gasteiger partial charge is 0.323 e. The highest BCUT2D eigenvalue weighted by atomic mass is 16.2. The van der Waals surface area contributed by atoms with Crippen LogP contribution in [-0.4, -0.2) is 50.8 Å². The molecule has 2 saturated heterocycles. The monoisotopic (exact) mass is 447 g/mol. The number of nitrogens with one attached hydrogen (secondary N) is 4. The van der Waals surface area contributed by atoms with Gasteiger partial charge in [0.15, 0.2) is 0 Å². The first-order valence-corrected chi connectivity index (χ1v) is 11.5. The van der Waals surface area contributed by atoms with Gasteiger partial charge in [0, 0.05) is 24.2 Å². The number of aromatic amines is 2. The number of rotatable bonds is 5. The van der Waals surface area contributed by atoms with Crippen molar-refractivity contribution in [2.45, 2.75) is 56.7 Å². The number of likely N-dealkylation sites (tertiary alicyclic amines) is 1. The summed E-state index contributed by atoms with van der Waals surface area (Å²) in [5, 5.41) is 6.24. The summed E-state index contributed by atoms with van der Waals surface area (Å²) in [7, 11) is 0. The van der Waals surface area contributed by atoms with Gasteiger partial charge in [0.25, 0.3) is 0 Å². The number of anilines is 1. The molecule has 172 valence electrons. The maximum absolute atomic E-state index is 13.1. The summed E-state index contributed by atoms with van der Waals surface area (Å²) in [6.07, 6.45) is 3.86. The number of imidazole rings is 1. The summed E-state index contributed by atoms with van der Waals surface area (Å²) < 4.78 is 0. The fourth-order valence-electron chi connectivity index (χ4n) is 5.61. The van der Waals surface area contributed by atoms with Gasteiger partial charge in [-0.1, -0.05) is 30.3 Å². The van der Waals surface area contributed by atoms with Crippen LogP contribution in [-0.2, 0) is 16.0 Å². The van der Waals surface area contributed by atoms with Gasteiger partial charge in [0.1, 0.15) is 0 Å². The van der Waals surface area contributed by atoms with Gasteiger partial charge in [-0.15, -0.1) is 0 Å². The second-order valence-corrected chi connectivity index (χ2v) is 9.48. The molecule has 2 amide bonds. The Kier molecular flexibility index (Phi) is 5.54. The van der Waals surface area contributed by atoms with Crippen LogP contribution in [0.5, 0.6) is 0 Å². The zero-order valence-corrected chi connectivity index (χ0v) is 18.7. The molecule has 0 saturated carbocycles. The lowest BCUT2D eigenvalue weighted by Gasteiger charge is -2.34. The second kappa shape index (κ2) is 8.51. The number of nitrogens with zero attached hydrogens (tertiary/aromatic N) is 1. The number of amides is 2. The van der Waals surface area contributed by atoms with Gasteiger partial charge in [-0.25, -0.2) is 4.79 Å². The number of fused-ring (bicyclic) bond motifs is 2. The van der Waals surface area contributed by atoms with Gasteiger partial charge in [0.2, 0.25) is 11.8 Å². The molecule has 3 aromatic rings. The summed E-state index contributed by atoms with van der Waals surface area (Å²) in [6.45, 7) is 2.36. The van der Waals surface area contributed by atoms with E-state index in [1.54, 1.807) is 18.2 Å². The Morgan fingerprint density at radius 3 is 2.73 bits per heavy atom. The molecule has 3 atom stereocenters. The first-order valence-electron chi connectivity index (χ1n) is 11.5. The van der Waals surface area contributed by atoms with E-state index in [0.29, 0.717) is 23.1 Å². The highest BCUT2D eigenvalue weighted by Crippen LogP contribution is 2.39. The van der Waals surface area contributed by atoms with Crippen molar-refractivity contribution in [3.8, 4) is 0 Å². The van der Waals surface area contributed by atoms with Gasteiger partial charge < -0.3 is 20.6 Å². The lowest BCUT2D eigenvalue weighted by Crippen LogP contribution is -2.54. The predicted molar refractivity (Wildman–Crippen MR) is 127 cm³/mol. The first-order chi connectivity index (χ1) is 15.9. The number of aromatic nitrogens is 2. The number of hydrogen-bond acceptors (Lipinski definition) is 4. The molecule has 0 spiro atoms. The number of hydrogen-bond donors (Lipinski definition) is 4. The molecule has 0 radical (unpaired) electrons. The van der Waals surface area contributed by atoms with Crippen LogP contribution >= 0.6 is 0 Å². The van der Waals surface area contributed by atoms with Gasteiger partial charge in [0.05, 0.1) is 23.1 Å². The Morgan fingerprint density at radius 2 is 1.91 bits per heavy atom. The molecule has 5 rings (SSSR count). The van der Waals surface area contributed by atoms with Crippen LogP contribution in [0.2, 0.25) is 0 Å². The van der Waals surface area contributed by atoms with Crippen LogP contribution in [0.1, 0.15) is 38.2 Å². The molecule has 0 aliphatic carbocycles. The van der Waals surface area contributed by atoms with Crippen molar-refractivity contribution in [2.24, 2.45) is 0 Å². The summed E-state index contributed by atoms with van der Waals surface area (Å²) in [5.74, 6) is -0.0105. The van der Waals surface area contributed by atoms with Crippen molar-refractivity contribution < 1.29 is 9.59 Å². The number of benzene rings is 2. The molecule has 2 aliphatic rings. The summed E-state index contributed by atoms with van der Waals surface area (Å²) in [6, 6.07) is 15.9. The zero-order valence-electron chi connectivity index (χ0n) is 18.7. The molecule has 0 bridgehead atoms. The minimum atomic E-state index is -0.350. The molecule has 1 aromatic heterocycles. The fraction of sp³-hybridized carbons (Fsp3) is 0.400. The Hall–Kier alpha value is -3.39. The minimum absolute atomic E-state index is 0.0959. The van der Waals surface area contributed by atoms with E-state index in [9.17, 15) is 14.4 Å². The van der Waals surface area contributed by atoms with Crippen LogP contribution in [0.15, 0.2) is 53.3 Å². The Labute approximate surface area is 191 Å². The lowest BCUT2D eigenvalue weighted by molar-refractivity contribution is -0.122. The Bertz CT molecular complexity index is 1230. The van der Waals surface area contributed by atoms with Crippen molar-refractivity contribution in [2.75, 3.05) is 11.9 Å². The van der Waals surface area contributed by atoms with E-state index >= 15 is 0 Å². The minimum Gasteiger partial charge on any atom is -0.349 e. The average molecular weight is 448 g/mol. The molecule has 4 N–H and O–H groups in total. The Balaban J connectivity index is 1.37. The maximum atomic E-state index is 13.1. The quantitative estimate of drug-likeness (QED) is 0.482. The Morgan fingerprint density at radius 1 is 1.12 bits per heavy atom. The highest BCUT2D eigenvalue weighted by molar-refractivity contribution is 5.94. The van der Waals surface area contributed by atoms with Gasteiger partial charge in [-0.2, -0.15) is 0 Å². The highest BCUT2D eigenvalue weighted by Gasteiger charge is 2.50. The predicted octanol–water partition coefficient (Wildman–Crippen LogP) is 2.54. The van der Waals surface area contributed by atoms with E-state index < -0.39 is 0 Å². The zero-order chi connectivity index (χ0) is 23.0. The average Bonchev–Trinajstić information content (AvgIpc) is 3.19. The third-order valence-electron chi connectivity index (χ3n) is 7.01. The summed E-state index contributed by atoms with van der Waals surface area (Å²) in [4.78, 5) is 44.7. The van der Waals surface area contributed by atoms with Crippen LogP contribution in [0, 0.1) is 0 Å². The van der Waals surface area contributed by atoms with E-state index in [1.807, 2.05) is 18.2 Å². The van der Waals surface area contributed by atoms with Gasteiger partial charge in [-0.05, 0) is 56.4 Å². The van der Waals surface area contributed by atoms with Crippen molar-refractivity contribution in [1.82, 2.24) is 20.2 Å². The van der Waals surface area contributed by atoms with Gasteiger partial charge >= 0.3 is 5.69 Å². The van der Waals surface area contributed by atoms with E-state index in [-0.39, 0.29) is 41.7 Å².